The molecule has 3 rings (SSSR count). The van der Waals surface area contributed by atoms with Crippen LogP contribution in [0.15, 0.2) is 30.5 Å². The number of fused-ring (bicyclic) bond motifs is 1. The van der Waals surface area contributed by atoms with Gasteiger partial charge in [-0.1, -0.05) is 23.7 Å². The molecule has 0 aliphatic heterocycles. The van der Waals surface area contributed by atoms with Crippen LogP contribution in [0, 0.1) is 0 Å². The van der Waals surface area contributed by atoms with Gasteiger partial charge in [-0.05, 0) is 30.5 Å². The highest BCUT2D eigenvalue weighted by molar-refractivity contribution is 6.35. The van der Waals surface area contributed by atoms with Crippen molar-refractivity contribution in [2.24, 2.45) is 5.73 Å². The Bertz CT molecular complexity index is 532. The maximum absolute atomic E-state index is 6.21. The predicted octanol–water partition coefficient (Wildman–Crippen LogP) is 2.84. The van der Waals surface area contributed by atoms with Crippen molar-refractivity contribution in [2.75, 3.05) is 0 Å². The Morgan fingerprint density at radius 1 is 1.27 bits per heavy atom. The van der Waals surface area contributed by atoms with Crippen LogP contribution < -0.4 is 5.73 Å². The molecule has 0 bridgehead atoms. The molecule has 0 spiro atoms. The molecule has 2 nitrogen and oxygen atoms in total. The second-order valence-corrected chi connectivity index (χ2v) is 4.56. The van der Waals surface area contributed by atoms with Gasteiger partial charge in [0.2, 0.25) is 0 Å². The Balaban J connectivity index is 2.36. The highest BCUT2D eigenvalue weighted by atomic mass is 35.5. The summed E-state index contributed by atoms with van der Waals surface area (Å²) in [6.07, 6.45) is 3.90. The fourth-order valence-corrected chi connectivity index (χ4v) is 2.20. The molecule has 2 N–H and O–H groups in total. The second kappa shape index (κ2) is 2.94. The average molecular weight is 219 g/mol. The van der Waals surface area contributed by atoms with Crippen LogP contribution in [0.4, 0.5) is 0 Å². The van der Waals surface area contributed by atoms with Gasteiger partial charge in [-0.3, -0.25) is 4.98 Å². The van der Waals surface area contributed by atoms with Crippen molar-refractivity contribution >= 4 is 22.5 Å². The molecule has 0 atom stereocenters. The van der Waals surface area contributed by atoms with Gasteiger partial charge in [0.05, 0.1) is 10.5 Å². The molecule has 1 aliphatic carbocycles. The molecule has 2 aromatic rings. The number of pyridine rings is 1. The first-order valence-electron chi connectivity index (χ1n) is 5.03. The number of hydrogen-bond donors (Lipinski definition) is 1. The first kappa shape index (κ1) is 9.13. The van der Waals surface area contributed by atoms with Crippen LogP contribution in [-0.2, 0) is 5.54 Å². The topological polar surface area (TPSA) is 38.9 Å². The molecule has 1 saturated carbocycles. The number of para-hydroxylation sites is 1. The van der Waals surface area contributed by atoms with Gasteiger partial charge in [0.15, 0.2) is 0 Å². The van der Waals surface area contributed by atoms with Crippen molar-refractivity contribution in [3.8, 4) is 0 Å². The molecule has 76 valence electrons. The molecule has 0 saturated heterocycles. The summed E-state index contributed by atoms with van der Waals surface area (Å²) in [6, 6.07) is 7.85. The van der Waals surface area contributed by atoms with Gasteiger partial charge in [-0.15, -0.1) is 0 Å². The summed E-state index contributed by atoms with van der Waals surface area (Å²) in [5, 5.41) is 1.78. The highest BCUT2D eigenvalue weighted by Gasteiger charge is 2.41. The van der Waals surface area contributed by atoms with Crippen molar-refractivity contribution in [1.29, 1.82) is 0 Å². The van der Waals surface area contributed by atoms with Crippen LogP contribution in [0.2, 0.25) is 5.02 Å². The van der Waals surface area contributed by atoms with E-state index in [-0.39, 0.29) is 5.54 Å². The summed E-state index contributed by atoms with van der Waals surface area (Å²) in [6.45, 7) is 0. The third-order valence-corrected chi connectivity index (χ3v) is 3.35. The van der Waals surface area contributed by atoms with E-state index in [0.29, 0.717) is 5.02 Å². The first-order chi connectivity index (χ1) is 7.21. The molecule has 0 radical (unpaired) electrons. The lowest BCUT2D eigenvalue weighted by Crippen LogP contribution is -2.19. The van der Waals surface area contributed by atoms with Gasteiger partial charge in [0.25, 0.3) is 0 Å². The number of nitrogens with two attached hydrogens (primary N) is 1. The average Bonchev–Trinajstić information content (AvgIpc) is 2.98. The lowest BCUT2D eigenvalue weighted by Gasteiger charge is -2.12. The van der Waals surface area contributed by atoms with Crippen LogP contribution in [0.3, 0.4) is 0 Å². The largest absolute Gasteiger partial charge is 0.321 e. The predicted molar refractivity (Wildman–Crippen MR) is 61.9 cm³/mol. The fraction of sp³-hybridized carbons (Fsp3) is 0.250. The van der Waals surface area contributed by atoms with E-state index in [1.54, 1.807) is 6.20 Å². The Morgan fingerprint density at radius 3 is 2.80 bits per heavy atom. The van der Waals surface area contributed by atoms with Crippen molar-refractivity contribution in [3.05, 3.63) is 41.0 Å². The third-order valence-electron chi connectivity index (χ3n) is 3.05. The van der Waals surface area contributed by atoms with Gasteiger partial charge in [-0.25, -0.2) is 0 Å². The van der Waals surface area contributed by atoms with Crippen LogP contribution in [0.1, 0.15) is 18.4 Å². The number of benzene rings is 1. The summed E-state index contributed by atoms with van der Waals surface area (Å²) >= 11 is 6.10. The van der Waals surface area contributed by atoms with E-state index >= 15 is 0 Å². The molecule has 1 heterocycles. The molecule has 1 fully saturated rings. The number of hydrogen-bond acceptors (Lipinski definition) is 2. The zero-order valence-corrected chi connectivity index (χ0v) is 8.96. The minimum atomic E-state index is -0.133. The molecular formula is C12H11ClN2. The van der Waals surface area contributed by atoms with Gasteiger partial charge in [0.1, 0.15) is 0 Å². The van der Waals surface area contributed by atoms with Crippen LogP contribution in [0.25, 0.3) is 10.9 Å². The Morgan fingerprint density at radius 2 is 2.07 bits per heavy atom. The standard InChI is InChI=1S/C12H11ClN2/c13-10-3-1-2-8-9(12(14)5-6-12)4-7-15-11(8)10/h1-4,7H,5-6,14H2. The monoisotopic (exact) mass is 218 g/mol. The third kappa shape index (κ3) is 1.33. The maximum atomic E-state index is 6.21. The lowest BCUT2D eigenvalue weighted by molar-refractivity contribution is 0.747. The molecule has 1 aromatic heterocycles. The molecular weight excluding hydrogens is 208 g/mol. The quantitative estimate of drug-likeness (QED) is 0.800. The Hall–Kier alpha value is -1.12. The van der Waals surface area contributed by atoms with Crippen LogP contribution in [0.5, 0.6) is 0 Å². The molecule has 0 amide bonds. The minimum Gasteiger partial charge on any atom is -0.321 e. The van der Waals surface area contributed by atoms with Crippen molar-refractivity contribution in [2.45, 2.75) is 18.4 Å². The summed E-state index contributed by atoms with van der Waals surface area (Å²) in [7, 11) is 0. The number of halogens is 1. The van der Waals surface area contributed by atoms with E-state index in [2.05, 4.69) is 4.98 Å². The fourth-order valence-electron chi connectivity index (χ4n) is 1.98. The highest BCUT2D eigenvalue weighted by Crippen LogP contribution is 2.45. The van der Waals surface area contributed by atoms with Gasteiger partial charge in [-0.2, -0.15) is 0 Å². The number of rotatable bonds is 1. The van der Waals surface area contributed by atoms with Crippen molar-refractivity contribution < 1.29 is 0 Å². The molecule has 3 heteroatoms. The normalized spacial score (nSPS) is 18.0. The van der Waals surface area contributed by atoms with Gasteiger partial charge < -0.3 is 5.73 Å². The van der Waals surface area contributed by atoms with E-state index < -0.39 is 0 Å². The Kier molecular flexibility index (Phi) is 1.79. The summed E-state index contributed by atoms with van der Waals surface area (Å²) in [4.78, 5) is 4.30. The Labute approximate surface area is 93.1 Å². The summed E-state index contributed by atoms with van der Waals surface area (Å²) < 4.78 is 0. The molecule has 1 aliphatic rings. The van der Waals surface area contributed by atoms with E-state index in [9.17, 15) is 0 Å². The van der Waals surface area contributed by atoms with Crippen molar-refractivity contribution in [1.82, 2.24) is 4.98 Å². The second-order valence-electron chi connectivity index (χ2n) is 4.15. The number of nitrogens with zero attached hydrogens (tertiary/aromatic N) is 1. The van der Waals surface area contributed by atoms with Crippen molar-refractivity contribution in [3.63, 3.8) is 0 Å². The zero-order chi connectivity index (χ0) is 10.5. The first-order valence-corrected chi connectivity index (χ1v) is 5.41. The molecule has 15 heavy (non-hydrogen) atoms. The van der Waals surface area contributed by atoms with E-state index in [0.717, 1.165) is 23.7 Å². The van der Waals surface area contributed by atoms with E-state index in [4.69, 9.17) is 17.3 Å². The van der Waals surface area contributed by atoms with Gasteiger partial charge in [0, 0.05) is 17.1 Å². The minimum absolute atomic E-state index is 0.133. The van der Waals surface area contributed by atoms with Crippen LogP contribution >= 0.6 is 11.6 Å². The van der Waals surface area contributed by atoms with E-state index in [1.165, 1.54) is 5.56 Å². The summed E-state index contributed by atoms with van der Waals surface area (Å²) in [5.74, 6) is 0. The van der Waals surface area contributed by atoms with Crippen LogP contribution in [-0.4, -0.2) is 4.98 Å². The van der Waals surface area contributed by atoms with E-state index in [1.807, 2.05) is 24.3 Å². The number of aromatic nitrogens is 1. The maximum Gasteiger partial charge on any atom is 0.0891 e. The lowest BCUT2D eigenvalue weighted by atomic mass is 10.0. The zero-order valence-electron chi connectivity index (χ0n) is 8.20. The SMILES string of the molecule is NC1(c2ccnc3c(Cl)cccc23)CC1. The molecule has 0 unspecified atom stereocenters. The van der Waals surface area contributed by atoms with Gasteiger partial charge >= 0.3 is 0 Å². The summed E-state index contributed by atoms with van der Waals surface area (Å²) in [5.41, 5.74) is 8.11. The molecule has 1 aromatic carbocycles. The smallest absolute Gasteiger partial charge is 0.0891 e.